The highest BCUT2D eigenvalue weighted by molar-refractivity contribution is 7.91. The first-order valence-corrected chi connectivity index (χ1v) is 6.75. The molecule has 0 saturated carbocycles. The smallest absolute Gasteiger partial charge is 0.119 e. The Morgan fingerprint density at radius 1 is 1.40 bits per heavy atom. The number of rotatable bonds is 6. The quantitative estimate of drug-likeness (QED) is 0.551. The van der Waals surface area contributed by atoms with Crippen LogP contribution in [-0.4, -0.2) is 22.7 Å². The van der Waals surface area contributed by atoms with Crippen molar-refractivity contribution in [1.29, 1.82) is 0 Å². The molecular weight excluding hydrogens is 208 g/mol. The van der Waals surface area contributed by atoms with E-state index in [2.05, 4.69) is 0 Å². The average Bonchev–Trinajstić information content (AvgIpc) is 2.24. The number of ether oxygens (including phenoxy) is 1. The lowest BCUT2D eigenvalue weighted by Gasteiger charge is -2.09. The van der Waals surface area contributed by atoms with Crippen LogP contribution in [0.3, 0.4) is 0 Å². The van der Waals surface area contributed by atoms with Crippen molar-refractivity contribution in [2.45, 2.75) is 20.3 Å². The van der Waals surface area contributed by atoms with Gasteiger partial charge in [0.25, 0.3) is 0 Å². The van der Waals surface area contributed by atoms with E-state index < -0.39 is 11.2 Å². The van der Waals surface area contributed by atoms with Crippen molar-refractivity contribution in [3.05, 3.63) is 29.8 Å². The molecule has 0 fully saturated rings. The van der Waals surface area contributed by atoms with Crippen molar-refractivity contribution >= 4 is 11.2 Å². The van der Waals surface area contributed by atoms with E-state index in [1.54, 1.807) is 0 Å². The van der Waals surface area contributed by atoms with Crippen molar-refractivity contribution in [2.24, 2.45) is 0 Å². The molecule has 0 aromatic heterocycles. The van der Waals surface area contributed by atoms with E-state index >= 15 is 0 Å². The first-order chi connectivity index (χ1) is 7.22. The fourth-order valence-corrected chi connectivity index (χ4v) is 1.99. The summed E-state index contributed by atoms with van der Waals surface area (Å²) in [6.45, 7) is 4.63. The van der Waals surface area contributed by atoms with Crippen LogP contribution in [0.5, 0.6) is 5.75 Å². The zero-order valence-electron chi connectivity index (χ0n) is 9.36. The maximum atomic E-state index is 11.1. The van der Waals surface area contributed by atoms with Crippen LogP contribution in [0, 0.1) is 6.92 Å². The fraction of sp³-hybridized carbons (Fsp3) is 0.500. The van der Waals surface area contributed by atoms with Gasteiger partial charge >= 0.3 is 0 Å². The molecule has 0 radical (unpaired) electrons. The maximum absolute atomic E-state index is 11.1. The highest BCUT2D eigenvalue weighted by Gasteiger charge is 2.01. The van der Waals surface area contributed by atoms with Crippen LogP contribution in [0.15, 0.2) is 24.3 Å². The van der Waals surface area contributed by atoms with Crippen molar-refractivity contribution in [3.63, 3.8) is 0 Å². The third-order valence-electron chi connectivity index (χ3n) is 2.10. The van der Waals surface area contributed by atoms with E-state index in [1.165, 1.54) is 5.56 Å². The number of benzene rings is 1. The lowest BCUT2D eigenvalue weighted by atomic mass is 10.2. The van der Waals surface area contributed by atoms with Crippen LogP contribution in [0.1, 0.15) is 18.9 Å². The van der Waals surface area contributed by atoms with Gasteiger partial charge in [0.2, 0.25) is 0 Å². The van der Waals surface area contributed by atoms with E-state index in [0.29, 0.717) is 6.61 Å². The van der Waals surface area contributed by atoms with Crippen LogP contribution >= 0.6 is 0 Å². The Hall–Kier alpha value is -0.670. The predicted octanol–water partition coefficient (Wildman–Crippen LogP) is 2.53. The van der Waals surface area contributed by atoms with Crippen LogP contribution in [-0.2, 0) is 11.2 Å². The minimum absolute atomic E-state index is 0.648. The summed E-state index contributed by atoms with van der Waals surface area (Å²) in [6, 6.07) is 7.98. The molecule has 1 atom stereocenters. The van der Waals surface area contributed by atoms with Crippen molar-refractivity contribution in [2.75, 3.05) is 18.1 Å². The van der Waals surface area contributed by atoms with Gasteiger partial charge in [-0.1, -0.05) is 23.3 Å². The first kappa shape index (κ1) is 12.4. The predicted molar refractivity (Wildman–Crippen MR) is 64.8 cm³/mol. The lowest BCUT2D eigenvalue weighted by molar-refractivity contribution is 0.317. The molecule has 84 valence electrons. The van der Waals surface area contributed by atoms with Gasteiger partial charge < -0.3 is 9.29 Å². The standard InChI is InChI=1S/C12H18O2S/c1-3-15(13)9-5-8-14-12-7-4-6-11(2)10-12/h4,6-7,10H,3,5,8-9H2,1-2H3/t15-/m1/s1. The van der Waals surface area contributed by atoms with Crippen molar-refractivity contribution in [3.8, 4) is 5.75 Å². The van der Waals surface area contributed by atoms with E-state index in [9.17, 15) is 4.55 Å². The molecule has 0 bridgehead atoms. The van der Waals surface area contributed by atoms with Gasteiger partial charge in [-0.15, -0.1) is 0 Å². The molecule has 0 aliphatic heterocycles. The van der Waals surface area contributed by atoms with E-state index in [4.69, 9.17) is 4.74 Å². The number of hydrogen-bond acceptors (Lipinski definition) is 2. The molecule has 0 unspecified atom stereocenters. The third kappa shape index (κ3) is 5.09. The van der Waals surface area contributed by atoms with Gasteiger partial charge in [-0.3, -0.25) is 0 Å². The van der Waals surface area contributed by atoms with Crippen molar-refractivity contribution < 1.29 is 9.29 Å². The maximum Gasteiger partial charge on any atom is 0.119 e. The summed E-state index contributed by atoms with van der Waals surface area (Å²) >= 11 is -0.669. The summed E-state index contributed by atoms with van der Waals surface area (Å²) in [7, 11) is 0. The Labute approximate surface area is 94.8 Å². The molecule has 2 nitrogen and oxygen atoms in total. The number of aryl methyl sites for hydroxylation is 1. The molecule has 0 saturated heterocycles. The van der Waals surface area contributed by atoms with Gasteiger partial charge in [-0.05, 0) is 31.5 Å². The molecule has 0 aliphatic rings. The Kier molecular flexibility index (Phi) is 5.58. The van der Waals surface area contributed by atoms with Gasteiger partial charge in [0.05, 0.1) is 6.61 Å². The molecular formula is C12H18O2S. The van der Waals surface area contributed by atoms with Crippen LogP contribution < -0.4 is 4.74 Å². The van der Waals surface area contributed by atoms with Gasteiger partial charge in [0, 0.05) is 6.42 Å². The molecule has 0 N–H and O–H groups in total. The first-order valence-electron chi connectivity index (χ1n) is 5.27. The molecule has 1 rings (SSSR count). The summed E-state index contributed by atoms with van der Waals surface area (Å²) in [4.78, 5) is 0. The second kappa shape index (κ2) is 6.75. The molecule has 0 spiro atoms. The van der Waals surface area contributed by atoms with Crippen LogP contribution in [0.25, 0.3) is 0 Å². The summed E-state index contributed by atoms with van der Waals surface area (Å²) in [5.41, 5.74) is 1.20. The van der Waals surface area contributed by atoms with Crippen LogP contribution in [0.4, 0.5) is 0 Å². The third-order valence-corrected chi connectivity index (χ3v) is 3.48. The monoisotopic (exact) mass is 226 g/mol. The van der Waals surface area contributed by atoms with E-state index in [-0.39, 0.29) is 0 Å². The zero-order valence-corrected chi connectivity index (χ0v) is 10.2. The average molecular weight is 226 g/mol. The van der Waals surface area contributed by atoms with Crippen molar-refractivity contribution in [1.82, 2.24) is 0 Å². The van der Waals surface area contributed by atoms with E-state index in [1.807, 2.05) is 38.1 Å². The van der Waals surface area contributed by atoms with Gasteiger partial charge in [-0.2, -0.15) is 0 Å². The molecule has 1 aromatic rings. The second-order valence-electron chi connectivity index (χ2n) is 3.45. The van der Waals surface area contributed by atoms with Gasteiger partial charge in [-0.25, -0.2) is 0 Å². The molecule has 3 heteroatoms. The Balaban J connectivity index is 2.20. The lowest BCUT2D eigenvalue weighted by Crippen LogP contribution is -2.11. The topological polar surface area (TPSA) is 32.3 Å². The molecule has 0 aliphatic carbocycles. The largest absolute Gasteiger partial charge is 0.616 e. The summed E-state index contributed by atoms with van der Waals surface area (Å²) in [5.74, 6) is 2.38. The van der Waals surface area contributed by atoms with Crippen LogP contribution in [0.2, 0.25) is 0 Å². The summed E-state index contributed by atoms with van der Waals surface area (Å²) < 4.78 is 16.7. The Morgan fingerprint density at radius 2 is 2.20 bits per heavy atom. The highest BCUT2D eigenvalue weighted by atomic mass is 32.2. The summed E-state index contributed by atoms with van der Waals surface area (Å²) in [6.07, 6.45) is 0.856. The SMILES string of the molecule is CC[S@@+]([O-])CCCOc1cccc(C)c1. The van der Waals surface area contributed by atoms with Gasteiger partial charge in [0.15, 0.2) is 0 Å². The Bertz CT molecular complexity index is 289. The molecule has 15 heavy (non-hydrogen) atoms. The minimum Gasteiger partial charge on any atom is -0.616 e. The normalized spacial score (nSPS) is 12.5. The fourth-order valence-electron chi connectivity index (χ4n) is 1.26. The zero-order chi connectivity index (χ0) is 11.1. The summed E-state index contributed by atoms with van der Waals surface area (Å²) in [5, 5.41) is 0. The second-order valence-corrected chi connectivity index (χ2v) is 5.32. The minimum atomic E-state index is -0.669. The molecule has 0 heterocycles. The van der Waals surface area contributed by atoms with Gasteiger partial charge in [0.1, 0.15) is 17.3 Å². The molecule has 0 amide bonds. The number of hydrogen-bond donors (Lipinski definition) is 0. The highest BCUT2D eigenvalue weighted by Crippen LogP contribution is 2.12. The Morgan fingerprint density at radius 3 is 2.87 bits per heavy atom. The van der Waals surface area contributed by atoms with E-state index in [0.717, 1.165) is 23.7 Å². The molecule has 1 aromatic carbocycles.